The molecule has 8 heteroatoms. The number of aromatic nitrogens is 3. The first-order chi connectivity index (χ1) is 12.5. The first kappa shape index (κ1) is 18.2. The van der Waals surface area contributed by atoms with Crippen LogP contribution in [-0.2, 0) is 6.54 Å². The number of guanidine groups is 1. The maximum absolute atomic E-state index is 13.2. The van der Waals surface area contributed by atoms with Gasteiger partial charge in [-0.15, -0.1) is 0 Å². The number of hydrogen-bond acceptors (Lipinski definition) is 4. The van der Waals surface area contributed by atoms with Crippen LogP contribution >= 0.6 is 0 Å². The van der Waals surface area contributed by atoms with E-state index in [0.29, 0.717) is 18.3 Å². The number of rotatable bonds is 5. The van der Waals surface area contributed by atoms with E-state index in [1.807, 2.05) is 18.5 Å². The van der Waals surface area contributed by atoms with Crippen molar-refractivity contribution in [2.75, 3.05) is 13.6 Å². The Hall–Kier alpha value is -2.64. The van der Waals surface area contributed by atoms with Crippen LogP contribution in [0.1, 0.15) is 37.5 Å². The van der Waals surface area contributed by atoms with Gasteiger partial charge in [0.05, 0.1) is 12.6 Å². The molecular formula is C18H25FN6O. The molecule has 1 aliphatic rings. The summed E-state index contributed by atoms with van der Waals surface area (Å²) in [6.07, 6.45) is 1.88. The number of nitrogens with zero attached hydrogens (tertiary/aromatic N) is 4. The SMILES string of the molecule is CN=C(NCC(C)Oc1cccc(F)c1)NC1CCCn2nc(C)nc21. The van der Waals surface area contributed by atoms with E-state index in [9.17, 15) is 4.39 Å². The third-order valence-corrected chi connectivity index (χ3v) is 4.21. The van der Waals surface area contributed by atoms with Gasteiger partial charge >= 0.3 is 0 Å². The highest BCUT2D eigenvalue weighted by Crippen LogP contribution is 2.22. The molecule has 2 atom stereocenters. The van der Waals surface area contributed by atoms with Crippen LogP contribution < -0.4 is 15.4 Å². The number of nitrogens with one attached hydrogen (secondary N) is 2. The first-order valence-corrected chi connectivity index (χ1v) is 8.86. The Kier molecular flexibility index (Phi) is 5.70. The summed E-state index contributed by atoms with van der Waals surface area (Å²) >= 11 is 0. The van der Waals surface area contributed by atoms with Gasteiger partial charge in [-0.3, -0.25) is 4.99 Å². The third-order valence-electron chi connectivity index (χ3n) is 4.21. The Morgan fingerprint density at radius 1 is 1.50 bits per heavy atom. The molecule has 0 saturated carbocycles. The Morgan fingerprint density at radius 2 is 2.35 bits per heavy atom. The van der Waals surface area contributed by atoms with Gasteiger partial charge < -0.3 is 15.4 Å². The molecule has 1 aromatic heterocycles. The van der Waals surface area contributed by atoms with Gasteiger partial charge in [-0.1, -0.05) is 6.07 Å². The van der Waals surface area contributed by atoms with Crippen LogP contribution in [0.25, 0.3) is 0 Å². The summed E-state index contributed by atoms with van der Waals surface area (Å²) in [5.41, 5.74) is 0. The molecule has 26 heavy (non-hydrogen) atoms. The van der Waals surface area contributed by atoms with E-state index in [-0.39, 0.29) is 18.0 Å². The maximum atomic E-state index is 13.2. The normalized spacial score (nSPS) is 18.2. The van der Waals surface area contributed by atoms with E-state index in [1.54, 1.807) is 19.2 Å². The molecule has 0 fully saturated rings. The predicted molar refractivity (Wildman–Crippen MR) is 97.7 cm³/mol. The van der Waals surface area contributed by atoms with Crippen LogP contribution in [-0.4, -0.2) is 40.4 Å². The smallest absolute Gasteiger partial charge is 0.191 e. The second-order valence-electron chi connectivity index (χ2n) is 6.42. The Morgan fingerprint density at radius 3 is 3.12 bits per heavy atom. The third kappa shape index (κ3) is 4.50. The molecule has 0 radical (unpaired) electrons. The molecular weight excluding hydrogens is 335 g/mol. The molecule has 0 amide bonds. The zero-order valence-corrected chi connectivity index (χ0v) is 15.4. The molecule has 1 aromatic carbocycles. The average Bonchev–Trinajstić information content (AvgIpc) is 2.99. The van der Waals surface area contributed by atoms with E-state index < -0.39 is 0 Å². The highest BCUT2D eigenvalue weighted by molar-refractivity contribution is 5.80. The second-order valence-corrected chi connectivity index (χ2v) is 6.42. The standard InChI is InChI=1S/C18H25FN6O/c1-12(26-15-7-4-6-14(19)10-15)11-21-18(20-3)23-16-8-5-9-25-17(16)22-13(2)24-25/h4,6-7,10,12,16H,5,8-9,11H2,1-3H3,(H2,20,21,23). The van der Waals surface area contributed by atoms with E-state index in [2.05, 4.69) is 25.7 Å². The van der Waals surface area contributed by atoms with Gasteiger partial charge in [0.1, 0.15) is 29.3 Å². The van der Waals surface area contributed by atoms with Crippen LogP contribution in [0.4, 0.5) is 4.39 Å². The quantitative estimate of drug-likeness (QED) is 0.631. The van der Waals surface area contributed by atoms with Gasteiger partial charge in [-0.2, -0.15) is 5.10 Å². The summed E-state index contributed by atoms with van der Waals surface area (Å²) in [4.78, 5) is 8.80. The lowest BCUT2D eigenvalue weighted by Gasteiger charge is -2.25. The van der Waals surface area contributed by atoms with Crippen molar-refractivity contribution in [3.63, 3.8) is 0 Å². The van der Waals surface area contributed by atoms with Crippen molar-refractivity contribution >= 4 is 5.96 Å². The van der Waals surface area contributed by atoms with Crippen LogP contribution in [0.15, 0.2) is 29.3 Å². The molecule has 1 aliphatic heterocycles. The molecule has 0 spiro atoms. The van der Waals surface area contributed by atoms with Crippen molar-refractivity contribution in [3.8, 4) is 5.75 Å². The summed E-state index contributed by atoms with van der Waals surface area (Å²) in [6, 6.07) is 6.22. The highest BCUT2D eigenvalue weighted by Gasteiger charge is 2.24. The molecule has 0 saturated heterocycles. The zero-order valence-electron chi connectivity index (χ0n) is 15.4. The zero-order chi connectivity index (χ0) is 18.5. The van der Waals surface area contributed by atoms with Crippen LogP contribution in [0.2, 0.25) is 0 Å². The lowest BCUT2D eigenvalue weighted by molar-refractivity contribution is 0.222. The second kappa shape index (κ2) is 8.16. The summed E-state index contributed by atoms with van der Waals surface area (Å²) < 4.78 is 20.9. The number of aliphatic imine (C=N–C) groups is 1. The van der Waals surface area contributed by atoms with Crippen molar-refractivity contribution in [2.24, 2.45) is 4.99 Å². The predicted octanol–water partition coefficient (Wildman–Crippen LogP) is 2.19. The summed E-state index contributed by atoms with van der Waals surface area (Å²) in [5.74, 6) is 2.61. The van der Waals surface area contributed by atoms with E-state index in [4.69, 9.17) is 4.74 Å². The van der Waals surface area contributed by atoms with Crippen LogP contribution in [0, 0.1) is 12.7 Å². The van der Waals surface area contributed by atoms with Crippen molar-refractivity contribution in [3.05, 3.63) is 41.7 Å². The Balaban J connectivity index is 1.54. The van der Waals surface area contributed by atoms with E-state index >= 15 is 0 Å². The minimum absolute atomic E-state index is 0.0793. The van der Waals surface area contributed by atoms with Crippen molar-refractivity contribution in [2.45, 2.75) is 45.4 Å². The number of ether oxygens (including phenoxy) is 1. The summed E-state index contributed by atoms with van der Waals surface area (Å²) in [6.45, 7) is 5.26. The number of fused-ring (bicyclic) bond motifs is 1. The minimum Gasteiger partial charge on any atom is -0.489 e. The maximum Gasteiger partial charge on any atom is 0.191 e. The molecule has 3 rings (SSSR count). The highest BCUT2D eigenvalue weighted by atomic mass is 19.1. The van der Waals surface area contributed by atoms with Gasteiger partial charge in [0.15, 0.2) is 5.96 Å². The fraction of sp³-hybridized carbons (Fsp3) is 0.500. The largest absolute Gasteiger partial charge is 0.489 e. The molecule has 140 valence electrons. The van der Waals surface area contributed by atoms with Gasteiger partial charge in [0.25, 0.3) is 0 Å². The summed E-state index contributed by atoms with van der Waals surface area (Å²) in [7, 11) is 1.73. The van der Waals surface area contributed by atoms with Gasteiger partial charge in [-0.05, 0) is 38.8 Å². The fourth-order valence-electron chi connectivity index (χ4n) is 3.02. The molecule has 2 heterocycles. The number of benzene rings is 1. The topological polar surface area (TPSA) is 76.4 Å². The van der Waals surface area contributed by atoms with Gasteiger partial charge in [-0.25, -0.2) is 14.1 Å². The van der Waals surface area contributed by atoms with Crippen molar-refractivity contribution in [1.29, 1.82) is 0 Å². The number of aryl methyl sites for hydroxylation is 2. The Bertz CT molecular complexity index is 775. The number of halogens is 1. The van der Waals surface area contributed by atoms with E-state index in [1.165, 1.54) is 12.1 Å². The molecule has 2 N–H and O–H groups in total. The van der Waals surface area contributed by atoms with Crippen molar-refractivity contribution in [1.82, 2.24) is 25.4 Å². The van der Waals surface area contributed by atoms with Gasteiger partial charge in [0, 0.05) is 19.7 Å². The minimum atomic E-state index is -0.308. The van der Waals surface area contributed by atoms with E-state index in [0.717, 1.165) is 31.0 Å². The van der Waals surface area contributed by atoms with Crippen LogP contribution in [0.3, 0.4) is 0 Å². The molecule has 7 nitrogen and oxygen atoms in total. The average molecular weight is 360 g/mol. The fourth-order valence-corrected chi connectivity index (χ4v) is 3.02. The lowest BCUT2D eigenvalue weighted by atomic mass is 10.1. The lowest BCUT2D eigenvalue weighted by Crippen LogP contribution is -2.44. The monoisotopic (exact) mass is 360 g/mol. The first-order valence-electron chi connectivity index (χ1n) is 8.86. The van der Waals surface area contributed by atoms with Crippen LogP contribution in [0.5, 0.6) is 5.75 Å². The molecule has 2 aromatic rings. The van der Waals surface area contributed by atoms with Crippen molar-refractivity contribution < 1.29 is 9.13 Å². The van der Waals surface area contributed by atoms with Gasteiger partial charge in [0.2, 0.25) is 0 Å². The Labute approximate surface area is 152 Å². The molecule has 2 unspecified atom stereocenters. The number of hydrogen-bond donors (Lipinski definition) is 2. The molecule has 0 bridgehead atoms. The molecule has 0 aliphatic carbocycles. The summed E-state index contributed by atoms with van der Waals surface area (Å²) in [5, 5.41) is 11.1.